The van der Waals surface area contributed by atoms with Gasteiger partial charge in [0.2, 0.25) is 0 Å². The lowest BCUT2D eigenvalue weighted by Crippen LogP contribution is -2.15. The Morgan fingerprint density at radius 1 is 1.39 bits per heavy atom. The molecule has 0 aromatic carbocycles. The third-order valence-corrected chi connectivity index (χ3v) is 3.89. The van der Waals surface area contributed by atoms with E-state index in [0.717, 1.165) is 24.1 Å². The first kappa shape index (κ1) is 12.9. The Hall–Kier alpha value is -1.56. The van der Waals surface area contributed by atoms with Crippen molar-refractivity contribution in [1.29, 1.82) is 5.26 Å². The fraction of sp³-hybridized carbons (Fsp3) is 0.600. The van der Waals surface area contributed by atoms with Gasteiger partial charge in [-0.05, 0) is 30.4 Å². The molecule has 0 radical (unpaired) electrons. The first-order chi connectivity index (χ1) is 8.78. The molecule has 18 heavy (non-hydrogen) atoms. The van der Waals surface area contributed by atoms with Gasteiger partial charge in [-0.25, -0.2) is 4.98 Å². The van der Waals surface area contributed by atoms with Crippen LogP contribution in [0.3, 0.4) is 0 Å². The highest BCUT2D eigenvalue weighted by atomic mass is 14.9. The zero-order valence-corrected chi connectivity index (χ0v) is 11.0. The second kappa shape index (κ2) is 6.39. The molecule has 3 heteroatoms. The number of nitrogens with one attached hydrogen (secondary N) is 1. The average molecular weight is 243 g/mol. The Kier molecular flexibility index (Phi) is 4.58. The quantitative estimate of drug-likeness (QED) is 0.879. The normalized spacial score (nSPS) is 23.3. The third-order valence-electron chi connectivity index (χ3n) is 3.89. The van der Waals surface area contributed by atoms with Gasteiger partial charge in [-0.2, -0.15) is 5.26 Å². The van der Waals surface area contributed by atoms with Crippen LogP contribution in [0.4, 0.5) is 5.69 Å². The van der Waals surface area contributed by atoms with Crippen LogP contribution in [-0.4, -0.2) is 11.5 Å². The van der Waals surface area contributed by atoms with Gasteiger partial charge in [0.25, 0.3) is 0 Å². The van der Waals surface area contributed by atoms with Gasteiger partial charge in [0.1, 0.15) is 11.8 Å². The summed E-state index contributed by atoms with van der Waals surface area (Å²) >= 11 is 0. The maximum atomic E-state index is 8.78. The molecule has 1 aliphatic rings. The Balaban J connectivity index is 1.73. The van der Waals surface area contributed by atoms with Crippen molar-refractivity contribution in [2.24, 2.45) is 11.8 Å². The highest BCUT2D eigenvalue weighted by Crippen LogP contribution is 2.30. The minimum absolute atomic E-state index is 0.478. The highest BCUT2D eigenvalue weighted by Gasteiger charge is 2.17. The summed E-state index contributed by atoms with van der Waals surface area (Å²) in [6.45, 7) is 3.35. The van der Waals surface area contributed by atoms with Crippen LogP contribution in [0.25, 0.3) is 0 Å². The Morgan fingerprint density at radius 2 is 2.17 bits per heavy atom. The Labute approximate surface area is 109 Å². The van der Waals surface area contributed by atoms with Crippen LogP contribution >= 0.6 is 0 Å². The van der Waals surface area contributed by atoms with E-state index in [2.05, 4.69) is 23.3 Å². The lowest BCUT2D eigenvalue weighted by Gasteiger charge is -2.26. The van der Waals surface area contributed by atoms with E-state index in [1.165, 1.54) is 32.1 Å². The van der Waals surface area contributed by atoms with Gasteiger partial charge in [0.05, 0.1) is 0 Å². The van der Waals surface area contributed by atoms with Crippen molar-refractivity contribution in [3.8, 4) is 6.07 Å². The first-order valence-corrected chi connectivity index (χ1v) is 6.88. The number of rotatable bonds is 4. The van der Waals surface area contributed by atoms with E-state index in [4.69, 9.17) is 5.26 Å². The number of anilines is 1. The summed E-state index contributed by atoms with van der Waals surface area (Å²) in [5, 5.41) is 12.2. The van der Waals surface area contributed by atoms with Crippen molar-refractivity contribution in [3.05, 3.63) is 24.0 Å². The van der Waals surface area contributed by atoms with E-state index in [1.807, 2.05) is 12.1 Å². The lowest BCUT2D eigenvalue weighted by molar-refractivity contribution is 0.282. The first-order valence-electron chi connectivity index (χ1n) is 6.88. The molecule has 1 N–H and O–H groups in total. The van der Waals surface area contributed by atoms with Crippen LogP contribution in [0.1, 0.15) is 44.7 Å². The van der Waals surface area contributed by atoms with Gasteiger partial charge in [-0.3, -0.25) is 0 Å². The Bertz CT molecular complexity index is 414. The molecule has 1 saturated carbocycles. The fourth-order valence-corrected chi connectivity index (χ4v) is 2.64. The molecule has 0 unspecified atom stereocenters. The summed E-state index contributed by atoms with van der Waals surface area (Å²) in [4.78, 5) is 3.96. The fourth-order valence-electron chi connectivity index (χ4n) is 2.64. The average Bonchev–Trinajstić information content (AvgIpc) is 2.41. The highest BCUT2D eigenvalue weighted by molar-refractivity contribution is 5.45. The SMILES string of the molecule is CC1CCC(CCNc2ccnc(C#N)c2)CC1. The summed E-state index contributed by atoms with van der Waals surface area (Å²) in [6.07, 6.45) is 8.45. The Morgan fingerprint density at radius 3 is 2.89 bits per heavy atom. The van der Waals surface area contributed by atoms with Crippen molar-refractivity contribution in [3.63, 3.8) is 0 Å². The molecule has 1 heterocycles. The molecule has 0 amide bonds. The predicted molar refractivity (Wildman–Crippen MR) is 73.2 cm³/mol. The van der Waals surface area contributed by atoms with Crippen LogP contribution in [0.5, 0.6) is 0 Å². The van der Waals surface area contributed by atoms with E-state index in [-0.39, 0.29) is 0 Å². The molecule has 1 aromatic heterocycles. The number of hydrogen-bond acceptors (Lipinski definition) is 3. The van der Waals surface area contributed by atoms with Crippen LogP contribution in [0.15, 0.2) is 18.3 Å². The van der Waals surface area contributed by atoms with Crippen LogP contribution < -0.4 is 5.32 Å². The summed E-state index contributed by atoms with van der Waals surface area (Å²) in [7, 11) is 0. The van der Waals surface area contributed by atoms with Crippen molar-refractivity contribution in [2.75, 3.05) is 11.9 Å². The standard InChI is InChI=1S/C15H21N3/c1-12-2-4-13(5-3-12)6-8-17-14-7-9-18-15(10-14)11-16/h7,9-10,12-13H,2-6,8H2,1H3,(H,17,18). The summed E-state index contributed by atoms with van der Waals surface area (Å²) in [6, 6.07) is 5.79. The van der Waals surface area contributed by atoms with E-state index in [1.54, 1.807) is 6.20 Å². The molecule has 0 atom stereocenters. The van der Waals surface area contributed by atoms with Crippen LogP contribution in [-0.2, 0) is 0 Å². The van der Waals surface area contributed by atoms with Gasteiger partial charge in [0.15, 0.2) is 0 Å². The molecule has 2 rings (SSSR count). The maximum absolute atomic E-state index is 8.78. The largest absolute Gasteiger partial charge is 0.385 e. The summed E-state index contributed by atoms with van der Waals surface area (Å²) < 4.78 is 0. The smallest absolute Gasteiger partial charge is 0.142 e. The van der Waals surface area contributed by atoms with Gasteiger partial charge in [-0.1, -0.05) is 32.6 Å². The third kappa shape index (κ3) is 3.73. The molecular weight excluding hydrogens is 222 g/mol. The lowest BCUT2D eigenvalue weighted by atomic mass is 9.81. The van der Waals surface area contributed by atoms with Crippen LogP contribution in [0.2, 0.25) is 0 Å². The maximum Gasteiger partial charge on any atom is 0.142 e. The van der Waals surface area contributed by atoms with E-state index in [0.29, 0.717) is 5.69 Å². The summed E-state index contributed by atoms with van der Waals surface area (Å²) in [5.41, 5.74) is 1.48. The van der Waals surface area contributed by atoms with Gasteiger partial charge in [-0.15, -0.1) is 0 Å². The molecule has 1 aromatic rings. The monoisotopic (exact) mass is 243 g/mol. The number of hydrogen-bond donors (Lipinski definition) is 1. The number of nitrogens with zero attached hydrogens (tertiary/aromatic N) is 2. The van der Waals surface area contributed by atoms with Gasteiger partial charge in [0, 0.05) is 18.4 Å². The molecule has 0 saturated heterocycles. The van der Waals surface area contributed by atoms with Crippen molar-refractivity contribution in [2.45, 2.75) is 39.0 Å². The molecule has 0 bridgehead atoms. The molecule has 1 fully saturated rings. The molecule has 96 valence electrons. The molecular formula is C15H21N3. The zero-order valence-electron chi connectivity index (χ0n) is 11.0. The predicted octanol–water partition coefficient (Wildman–Crippen LogP) is 3.58. The minimum Gasteiger partial charge on any atom is -0.385 e. The zero-order chi connectivity index (χ0) is 12.8. The second-order valence-corrected chi connectivity index (χ2v) is 5.38. The van der Waals surface area contributed by atoms with Gasteiger partial charge < -0.3 is 5.32 Å². The molecule has 0 aliphatic heterocycles. The van der Waals surface area contributed by atoms with Crippen molar-refractivity contribution >= 4 is 5.69 Å². The molecule has 0 spiro atoms. The van der Waals surface area contributed by atoms with Crippen molar-refractivity contribution < 1.29 is 0 Å². The summed E-state index contributed by atoms with van der Waals surface area (Å²) in [5.74, 6) is 1.80. The second-order valence-electron chi connectivity index (χ2n) is 5.38. The van der Waals surface area contributed by atoms with Crippen LogP contribution in [0, 0.1) is 23.2 Å². The van der Waals surface area contributed by atoms with E-state index in [9.17, 15) is 0 Å². The minimum atomic E-state index is 0.478. The molecule has 3 nitrogen and oxygen atoms in total. The van der Waals surface area contributed by atoms with Crippen molar-refractivity contribution in [1.82, 2.24) is 4.98 Å². The number of nitriles is 1. The van der Waals surface area contributed by atoms with Gasteiger partial charge >= 0.3 is 0 Å². The number of aromatic nitrogens is 1. The topological polar surface area (TPSA) is 48.7 Å². The molecule has 1 aliphatic carbocycles. The van der Waals surface area contributed by atoms with E-state index < -0.39 is 0 Å². The number of pyridine rings is 1. The van der Waals surface area contributed by atoms with E-state index >= 15 is 0 Å².